The van der Waals surface area contributed by atoms with Crippen molar-refractivity contribution in [1.82, 2.24) is 0 Å². The lowest BCUT2D eigenvalue weighted by molar-refractivity contribution is -0.153. The van der Waals surface area contributed by atoms with Gasteiger partial charge in [-0.15, -0.1) is 11.8 Å². The van der Waals surface area contributed by atoms with Crippen molar-refractivity contribution in [3.63, 3.8) is 0 Å². The molecule has 0 saturated heterocycles. The summed E-state index contributed by atoms with van der Waals surface area (Å²) < 4.78 is 42.9. The van der Waals surface area contributed by atoms with Gasteiger partial charge in [0.15, 0.2) is 6.61 Å². The first kappa shape index (κ1) is 22.1. The van der Waals surface area contributed by atoms with E-state index in [4.69, 9.17) is 4.74 Å². The van der Waals surface area contributed by atoms with Crippen molar-refractivity contribution in [2.75, 3.05) is 12.9 Å². The van der Waals surface area contributed by atoms with E-state index >= 15 is 0 Å². The minimum absolute atomic E-state index is 0.0756. The second-order valence-electron chi connectivity index (χ2n) is 6.91. The quantitative estimate of drug-likeness (QED) is 0.522. The van der Waals surface area contributed by atoms with Gasteiger partial charge < -0.3 is 9.84 Å². The fraction of sp³-hybridized carbons (Fsp3) is 0.381. The number of benzene rings is 2. The molecule has 0 aliphatic rings. The third-order valence-corrected chi connectivity index (χ3v) is 4.95. The van der Waals surface area contributed by atoms with E-state index in [0.29, 0.717) is 23.1 Å². The van der Waals surface area contributed by atoms with Crippen LogP contribution in [0.2, 0.25) is 0 Å². The van der Waals surface area contributed by atoms with Crippen LogP contribution in [0.15, 0.2) is 47.4 Å². The van der Waals surface area contributed by atoms with Gasteiger partial charge in [-0.05, 0) is 54.0 Å². The Bertz CT molecular complexity index is 802. The maximum absolute atomic E-state index is 12.6. The van der Waals surface area contributed by atoms with Gasteiger partial charge in [-0.2, -0.15) is 13.2 Å². The summed E-state index contributed by atoms with van der Waals surface area (Å²) in [5.41, 5.74) is 1.67. The van der Waals surface area contributed by atoms with E-state index in [1.807, 2.05) is 32.2 Å². The molecule has 2 aromatic rings. The number of thioether (sulfide) groups is 1. The highest BCUT2D eigenvalue weighted by Gasteiger charge is 2.29. The molecule has 0 heterocycles. The number of rotatable bonds is 8. The molecule has 0 aromatic heterocycles. The van der Waals surface area contributed by atoms with Crippen LogP contribution in [0.3, 0.4) is 0 Å². The smallest absolute Gasteiger partial charge is 0.422 e. The Hall–Kier alpha value is -2.15. The first-order valence-corrected chi connectivity index (χ1v) is 10.0. The van der Waals surface area contributed by atoms with Gasteiger partial charge in [0.25, 0.3) is 0 Å². The van der Waals surface area contributed by atoms with Gasteiger partial charge in [-0.3, -0.25) is 4.79 Å². The van der Waals surface area contributed by atoms with E-state index in [1.165, 1.54) is 12.1 Å². The van der Waals surface area contributed by atoms with Crippen molar-refractivity contribution in [2.45, 2.75) is 37.3 Å². The Labute approximate surface area is 166 Å². The molecule has 7 heteroatoms. The van der Waals surface area contributed by atoms with Crippen molar-refractivity contribution in [3.8, 4) is 16.9 Å². The molecule has 1 N–H and O–H groups in total. The Morgan fingerprint density at radius 3 is 2.29 bits per heavy atom. The summed E-state index contributed by atoms with van der Waals surface area (Å²) in [5, 5.41) is 9.60. The highest BCUT2D eigenvalue weighted by atomic mass is 32.2. The fourth-order valence-electron chi connectivity index (χ4n) is 2.90. The molecule has 1 unspecified atom stereocenters. The van der Waals surface area contributed by atoms with Crippen LogP contribution < -0.4 is 4.74 Å². The minimum Gasteiger partial charge on any atom is -0.483 e. The van der Waals surface area contributed by atoms with Crippen molar-refractivity contribution in [1.29, 1.82) is 0 Å². The second-order valence-corrected chi connectivity index (χ2v) is 7.79. The molecule has 3 nitrogen and oxygen atoms in total. The number of halogens is 3. The number of carbonyl (C=O) groups is 1. The first-order valence-electron chi connectivity index (χ1n) is 8.81. The van der Waals surface area contributed by atoms with Crippen LogP contribution in [0.25, 0.3) is 11.1 Å². The van der Waals surface area contributed by atoms with Gasteiger partial charge in [0.05, 0.1) is 5.92 Å². The summed E-state index contributed by atoms with van der Waals surface area (Å²) in [6, 6.07) is 11.9. The Balaban J connectivity index is 2.49. The molecule has 152 valence electrons. The van der Waals surface area contributed by atoms with E-state index < -0.39 is 24.7 Å². The molecule has 2 rings (SSSR count). The highest BCUT2D eigenvalue weighted by molar-refractivity contribution is 7.98. The van der Waals surface area contributed by atoms with Crippen molar-refractivity contribution in [3.05, 3.63) is 48.0 Å². The molecule has 28 heavy (non-hydrogen) atoms. The Morgan fingerprint density at radius 1 is 1.14 bits per heavy atom. The number of aliphatic carboxylic acids is 1. The molecule has 0 aliphatic heterocycles. The number of alkyl halides is 3. The summed E-state index contributed by atoms with van der Waals surface area (Å²) >= 11 is 1.55. The molecular formula is C21H23F3O3S. The van der Waals surface area contributed by atoms with Gasteiger partial charge in [-0.25, -0.2) is 0 Å². The predicted molar refractivity (Wildman–Crippen MR) is 105 cm³/mol. The van der Waals surface area contributed by atoms with Crippen LogP contribution in [0.1, 0.15) is 31.7 Å². The molecular weight excluding hydrogens is 389 g/mol. The van der Waals surface area contributed by atoms with Crippen LogP contribution in [0.4, 0.5) is 13.2 Å². The van der Waals surface area contributed by atoms with Crippen LogP contribution in [-0.2, 0) is 4.79 Å². The van der Waals surface area contributed by atoms with E-state index in [9.17, 15) is 23.1 Å². The average Bonchev–Trinajstić information content (AvgIpc) is 2.63. The lowest BCUT2D eigenvalue weighted by Crippen LogP contribution is -2.19. The van der Waals surface area contributed by atoms with Gasteiger partial charge in [0.2, 0.25) is 0 Å². The Kier molecular flexibility index (Phi) is 7.41. The molecule has 0 radical (unpaired) electrons. The van der Waals surface area contributed by atoms with Gasteiger partial charge >= 0.3 is 12.1 Å². The zero-order valence-electron chi connectivity index (χ0n) is 15.9. The Morgan fingerprint density at radius 2 is 1.79 bits per heavy atom. The van der Waals surface area contributed by atoms with Crippen LogP contribution in [-0.4, -0.2) is 30.1 Å². The van der Waals surface area contributed by atoms with Gasteiger partial charge in [0.1, 0.15) is 5.75 Å². The summed E-state index contributed by atoms with van der Waals surface area (Å²) in [6.07, 6.45) is -2.10. The maximum Gasteiger partial charge on any atom is 0.422 e. The SMILES string of the molecule is CSc1ccc(-c2cc(C(CC(C)C)C(=O)O)ccc2OCC(F)(F)F)cc1. The largest absolute Gasteiger partial charge is 0.483 e. The normalized spacial score (nSPS) is 12.8. The zero-order valence-corrected chi connectivity index (χ0v) is 16.7. The maximum atomic E-state index is 12.6. The third-order valence-electron chi connectivity index (χ3n) is 4.20. The number of ether oxygens (including phenoxy) is 1. The molecule has 0 spiro atoms. The second kappa shape index (κ2) is 9.37. The lowest BCUT2D eigenvalue weighted by Gasteiger charge is -2.19. The molecule has 1 atom stereocenters. The number of carboxylic acid groups (broad SMARTS) is 1. The number of hydrogen-bond donors (Lipinski definition) is 1. The van der Waals surface area contributed by atoms with Crippen molar-refractivity contribution in [2.24, 2.45) is 5.92 Å². The van der Waals surface area contributed by atoms with E-state index in [1.54, 1.807) is 30.0 Å². The van der Waals surface area contributed by atoms with E-state index in [0.717, 1.165) is 4.90 Å². The number of carboxylic acids is 1. The molecule has 0 amide bonds. The summed E-state index contributed by atoms with van der Waals surface area (Å²) in [4.78, 5) is 12.7. The number of hydrogen-bond acceptors (Lipinski definition) is 3. The van der Waals surface area contributed by atoms with Crippen LogP contribution in [0, 0.1) is 5.92 Å². The monoisotopic (exact) mass is 412 g/mol. The topological polar surface area (TPSA) is 46.5 Å². The fourth-order valence-corrected chi connectivity index (χ4v) is 3.31. The minimum atomic E-state index is -4.46. The summed E-state index contributed by atoms with van der Waals surface area (Å²) in [5.74, 6) is -1.46. The van der Waals surface area contributed by atoms with Gasteiger partial charge in [-0.1, -0.05) is 32.0 Å². The van der Waals surface area contributed by atoms with Crippen LogP contribution >= 0.6 is 11.8 Å². The molecule has 0 bridgehead atoms. The zero-order chi connectivity index (χ0) is 20.9. The van der Waals surface area contributed by atoms with Crippen LogP contribution in [0.5, 0.6) is 5.75 Å². The lowest BCUT2D eigenvalue weighted by atomic mass is 9.88. The molecule has 0 fully saturated rings. The summed E-state index contributed by atoms with van der Waals surface area (Å²) in [6.45, 7) is 2.45. The third kappa shape index (κ3) is 6.19. The van der Waals surface area contributed by atoms with Crippen molar-refractivity contribution < 1.29 is 27.8 Å². The van der Waals surface area contributed by atoms with E-state index in [-0.39, 0.29) is 11.7 Å². The standard InChI is InChI=1S/C21H23F3O3S/c1-13(2)10-18(20(25)26)15-6-9-19(27-12-21(22,23)24)17(11-15)14-4-7-16(28-3)8-5-14/h4-9,11,13,18H,10,12H2,1-3H3,(H,25,26). The molecule has 0 aliphatic carbocycles. The average molecular weight is 412 g/mol. The van der Waals surface area contributed by atoms with Crippen molar-refractivity contribution >= 4 is 17.7 Å². The molecule has 2 aromatic carbocycles. The summed E-state index contributed by atoms with van der Waals surface area (Å²) in [7, 11) is 0. The highest BCUT2D eigenvalue weighted by Crippen LogP contribution is 2.36. The first-order chi connectivity index (χ1) is 13.1. The van der Waals surface area contributed by atoms with E-state index in [2.05, 4.69) is 0 Å². The molecule has 0 saturated carbocycles. The van der Waals surface area contributed by atoms with Gasteiger partial charge in [0, 0.05) is 10.5 Å². The predicted octanol–water partition coefficient (Wildman–Crippen LogP) is 6.23.